The topological polar surface area (TPSA) is 61.1 Å². The van der Waals surface area contributed by atoms with E-state index in [-0.39, 0.29) is 5.75 Å². The Labute approximate surface area is 181 Å². The molecule has 31 heavy (non-hydrogen) atoms. The van der Waals surface area contributed by atoms with Gasteiger partial charge in [-0.1, -0.05) is 24.3 Å². The number of phenols is 1. The molecule has 4 aromatic rings. The van der Waals surface area contributed by atoms with Crippen molar-refractivity contribution < 1.29 is 23.7 Å². The first-order valence-electron chi connectivity index (χ1n) is 9.93. The number of ether oxygens (including phenoxy) is 3. The van der Waals surface area contributed by atoms with Crippen LogP contribution in [0.1, 0.15) is 18.1 Å². The monoisotopic (exact) mass is 416 g/mol. The standard InChI is InChI=1S/C26H24O5/c1-5-8-17-13-19-16(2)25(31-26(19)24(14-17)29-4)18-11-12-22(23(15-18)28-3)30-21-10-7-6-9-20(21)27/h5-15,27H,1-4H3. The fourth-order valence-electron chi connectivity index (χ4n) is 3.58. The molecule has 158 valence electrons. The first-order chi connectivity index (χ1) is 15.0. The minimum Gasteiger partial charge on any atom is -0.504 e. The van der Waals surface area contributed by atoms with E-state index >= 15 is 0 Å². The zero-order chi connectivity index (χ0) is 22.0. The van der Waals surface area contributed by atoms with E-state index in [0.29, 0.717) is 28.6 Å². The normalized spacial score (nSPS) is 11.2. The van der Waals surface area contributed by atoms with Crippen LogP contribution in [0.4, 0.5) is 0 Å². The third-order valence-corrected chi connectivity index (χ3v) is 5.12. The van der Waals surface area contributed by atoms with Crippen LogP contribution >= 0.6 is 0 Å². The molecule has 1 aromatic heterocycles. The highest BCUT2D eigenvalue weighted by molar-refractivity contribution is 5.93. The Morgan fingerprint density at radius 2 is 1.65 bits per heavy atom. The molecule has 0 aliphatic heterocycles. The van der Waals surface area contributed by atoms with Crippen LogP contribution in [-0.4, -0.2) is 19.3 Å². The van der Waals surface area contributed by atoms with Crippen molar-refractivity contribution in [3.63, 3.8) is 0 Å². The van der Waals surface area contributed by atoms with Crippen molar-refractivity contribution in [1.82, 2.24) is 0 Å². The van der Waals surface area contributed by atoms with Gasteiger partial charge in [-0.3, -0.25) is 0 Å². The number of fused-ring (bicyclic) bond motifs is 1. The van der Waals surface area contributed by atoms with E-state index < -0.39 is 0 Å². The van der Waals surface area contributed by atoms with E-state index in [9.17, 15) is 5.11 Å². The minimum absolute atomic E-state index is 0.0609. The Morgan fingerprint density at radius 1 is 0.871 bits per heavy atom. The fraction of sp³-hybridized carbons (Fsp3) is 0.154. The highest BCUT2D eigenvalue weighted by Crippen LogP contribution is 2.42. The van der Waals surface area contributed by atoms with Crippen LogP contribution in [0.2, 0.25) is 0 Å². The lowest BCUT2D eigenvalue weighted by molar-refractivity contribution is 0.366. The molecule has 0 spiro atoms. The minimum atomic E-state index is 0.0609. The zero-order valence-corrected chi connectivity index (χ0v) is 17.9. The van der Waals surface area contributed by atoms with Gasteiger partial charge in [0.2, 0.25) is 0 Å². The van der Waals surface area contributed by atoms with Crippen molar-refractivity contribution in [3.05, 3.63) is 71.8 Å². The summed E-state index contributed by atoms with van der Waals surface area (Å²) in [5, 5.41) is 11.0. The molecule has 1 N–H and O–H groups in total. The van der Waals surface area contributed by atoms with Gasteiger partial charge in [0.05, 0.1) is 14.2 Å². The van der Waals surface area contributed by atoms with Gasteiger partial charge in [0.1, 0.15) is 5.76 Å². The van der Waals surface area contributed by atoms with Crippen LogP contribution < -0.4 is 14.2 Å². The van der Waals surface area contributed by atoms with Gasteiger partial charge in [0.15, 0.2) is 34.3 Å². The number of rotatable bonds is 6. The summed E-state index contributed by atoms with van der Waals surface area (Å²) in [4.78, 5) is 0. The van der Waals surface area contributed by atoms with Crippen molar-refractivity contribution in [2.45, 2.75) is 13.8 Å². The van der Waals surface area contributed by atoms with Crippen molar-refractivity contribution in [3.8, 4) is 40.1 Å². The van der Waals surface area contributed by atoms with Crippen LogP contribution in [0.3, 0.4) is 0 Å². The summed E-state index contributed by atoms with van der Waals surface area (Å²) in [6.07, 6.45) is 4.02. The van der Waals surface area contributed by atoms with Gasteiger partial charge >= 0.3 is 0 Å². The third kappa shape index (κ3) is 3.82. The lowest BCUT2D eigenvalue weighted by Gasteiger charge is -2.12. The Balaban J connectivity index is 1.79. The lowest BCUT2D eigenvalue weighted by Crippen LogP contribution is -1.91. The number of benzene rings is 3. The van der Waals surface area contributed by atoms with Gasteiger partial charge in [-0.15, -0.1) is 0 Å². The van der Waals surface area contributed by atoms with E-state index in [4.69, 9.17) is 18.6 Å². The zero-order valence-electron chi connectivity index (χ0n) is 17.9. The van der Waals surface area contributed by atoms with Crippen molar-refractivity contribution in [2.75, 3.05) is 14.2 Å². The molecular weight excluding hydrogens is 392 g/mol. The number of methoxy groups -OCH3 is 2. The van der Waals surface area contributed by atoms with Crippen LogP contribution in [0.5, 0.6) is 28.7 Å². The number of furan rings is 1. The lowest BCUT2D eigenvalue weighted by atomic mass is 10.0. The van der Waals surface area contributed by atoms with E-state index in [1.54, 1.807) is 44.6 Å². The molecule has 0 aliphatic rings. The number of allylic oxidation sites excluding steroid dienone is 1. The van der Waals surface area contributed by atoms with Gasteiger partial charge < -0.3 is 23.7 Å². The molecule has 0 fully saturated rings. The largest absolute Gasteiger partial charge is 0.504 e. The Hall–Kier alpha value is -3.86. The summed E-state index contributed by atoms with van der Waals surface area (Å²) >= 11 is 0. The first-order valence-corrected chi connectivity index (χ1v) is 9.93. The van der Waals surface area contributed by atoms with Crippen LogP contribution in [0.15, 0.2) is 65.1 Å². The molecule has 4 rings (SSSR count). The second-order valence-electron chi connectivity index (χ2n) is 7.09. The van der Waals surface area contributed by atoms with Gasteiger partial charge in [-0.05, 0) is 61.9 Å². The fourth-order valence-corrected chi connectivity index (χ4v) is 3.58. The average molecular weight is 416 g/mol. The summed E-state index contributed by atoms with van der Waals surface area (Å²) in [7, 11) is 3.22. The summed E-state index contributed by atoms with van der Waals surface area (Å²) in [5.41, 5.74) is 3.61. The predicted molar refractivity (Wildman–Crippen MR) is 122 cm³/mol. The molecule has 3 aromatic carbocycles. The van der Waals surface area contributed by atoms with Gasteiger partial charge in [0, 0.05) is 16.5 Å². The number of hydrogen-bond acceptors (Lipinski definition) is 5. The summed E-state index contributed by atoms with van der Waals surface area (Å²) in [6, 6.07) is 16.4. The molecule has 1 heterocycles. The molecule has 5 heteroatoms. The summed E-state index contributed by atoms with van der Waals surface area (Å²) in [5.74, 6) is 2.86. The van der Waals surface area contributed by atoms with Crippen LogP contribution in [0, 0.1) is 6.92 Å². The van der Waals surface area contributed by atoms with E-state index in [1.807, 2.05) is 44.2 Å². The molecule has 0 saturated heterocycles. The number of para-hydroxylation sites is 2. The second-order valence-corrected chi connectivity index (χ2v) is 7.09. The van der Waals surface area contributed by atoms with Gasteiger partial charge in [-0.25, -0.2) is 0 Å². The average Bonchev–Trinajstić information content (AvgIpc) is 3.12. The Morgan fingerprint density at radius 3 is 2.35 bits per heavy atom. The first kappa shape index (κ1) is 20.4. The van der Waals surface area contributed by atoms with Gasteiger partial charge in [-0.2, -0.15) is 0 Å². The van der Waals surface area contributed by atoms with Crippen LogP contribution in [0.25, 0.3) is 28.4 Å². The summed E-state index contributed by atoms with van der Waals surface area (Å²) < 4.78 is 23.2. The second kappa shape index (κ2) is 8.48. The highest BCUT2D eigenvalue weighted by atomic mass is 16.5. The van der Waals surface area contributed by atoms with Crippen molar-refractivity contribution >= 4 is 17.0 Å². The number of aromatic hydroxyl groups is 1. The van der Waals surface area contributed by atoms with Crippen LogP contribution in [-0.2, 0) is 0 Å². The Kier molecular flexibility index (Phi) is 5.58. The SMILES string of the molecule is CC=Cc1cc(OC)c2oc(-c3ccc(Oc4ccccc4O)c(OC)c3)c(C)c2c1. The quantitative estimate of drug-likeness (QED) is 0.368. The molecule has 0 saturated carbocycles. The highest BCUT2D eigenvalue weighted by Gasteiger charge is 2.18. The Bertz CT molecular complexity index is 1270. The number of hydrogen-bond donors (Lipinski definition) is 1. The molecule has 0 atom stereocenters. The van der Waals surface area contributed by atoms with E-state index in [1.165, 1.54) is 0 Å². The predicted octanol–water partition coefficient (Wildman–Crippen LogP) is 6.96. The third-order valence-electron chi connectivity index (χ3n) is 5.12. The van der Waals surface area contributed by atoms with Crippen molar-refractivity contribution in [1.29, 1.82) is 0 Å². The van der Waals surface area contributed by atoms with Crippen molar-refractivity contribution in [2.24, 2.45) is 0 Å². The molecule has 0 bridgehead atoms. The summed E-state index contributed by atoms with van der Waals surface area (Å²) in [6.45, 7) is 4.01. The van der Waals surface area contributed by atoms with Gasteiger partial charge in [0.25, 0.3) is 0 Å². The van der Waals surface area contributed by atoms with E-state index in [2.05, 4.69) is 6.07 Å². The molecule has 0 aliphatic carbocycles. The smallest absolute Gasteiger partial charge is 0.176 e. The maximum Gasteiger partial charge on any atom is 0.176 e. The molecule has 0 amide bonds. The maximum absolute atomic E-state index is 10.00. The molecule has 5 nitrogen and oxygen atoms in total. The maximum atomic E-state index is 10.00. The number of aryl methyl sites for hydroxylation is 1. The van der Waals surface area contributed by atoms with E-state index in [0.717, 1.165) is 27.8 Å². The number of phenolic OH excluding ortho intramolecular Hbond substituents is 1. The molecular formula is C26H24O5. The molecule has 0 unspecified atom stereocenters. The molecule has 0 radical (unpaired) electrons.